The number of alkyl halides is 2. The summed E-state index contributed by atoms with van der Waals surface area (Å²) in [5.74, 6) is -1.15. The van der Waals surface area contributed by atoms with E-state index in [4.69, 9.17) is 0 Å². The molecule has 18 heavy (non-hydrogen) atoms. The fourth-order valence-electron chi connectivity index (χ4n) is 1.13. The van der Waals surface area contributed by atoms with Gasteiger partial charge in [0.15, 0.2) is 0 Å². The molecule has 1 rings (SSSR count). The first-order valence-electron chi connectivity index (χ1n) is 5.26. The fourth-order valence-corrected chi connectivity index (χ4v) is 1.13. The minimum Gasteiger partial charge on any atom is -0.346 e. The third-order valence-electron chi connectivity index (χ3n) is 2.10. The van der Waals surface area contributed by atoms with E-state index in [1.165, 1.54) is 25.4 Å². The monoisotopic (exact) mass is 257 g/mol. The van der Waals surface area contributed by atoms with Gasteiger partial charge in [-0.3, -0.25) is 14.6 Å². The highest BCUT2D eigenvalue weighted by molar-refractivity contribution is 5.96. The zero-order valence-corrected chi connectivity index (χ0v) is 9.69. The lowest BCUT2D eigenvalue weighted by Gasteiger charge is -2.12. The minimum atomic E-state index is -2.64. The maximum Gasteiger partial charge on any atom is 0.258 e. The van der Waals surface area contributed by atoms with Gasteiger partial charge in [-0.2, -0.15) is 0 Å². The zero-order chi connectivity index (χ0) is 13.5. The smallest absolute Gasteiger partial charge is 0.258 e. The van der Waals surface area contributed by atoms with E-state index in [0.717, 1.165) is 0 Å². The third kappa shape index (κ3) is 4.44. The highest BCUT2D eigenvalue weighted by Crippen LogP contribution is 1.98. The lowest BCUT2D eigenvalue weighted by atomic mass is 10.2. The third-order valence-corrected chi connectivity index (χ3v) is 2.10. The summed E-state index contributed by atoms with van der Waals surface area (Å²) >= 11 is 0. The first-order chi connectivity index (χ1) is 8.50. The van der Waals surface area contributed by atoms with Gasteiger partial charge in [0.25, 0.3) is 12.3 Å². The number of hydrogen-bond acceptors (Lipinski definition) is 3. The summed E-state index contributed by atoms with van der Waals surface area (Å²) in [7, 11) is 0. The first kappa shape index (κ1) is 14.0. The van der Waals surface area contributed by atoms with Crippen LogP contribution in [0.4, 0.5) is 8.78 Å². The van der Waals surface area contributed by atoms with Crippen molar-refractivity contribution in [2.45, 2.75) is 19.4 Å². The van der Waals surface area contributed by atoms with Crippen molar-refractivity contribution in [1.29, 1.82) is 0 Å². The Hall–Kier alpha value is -2.05. The van der Waals surface area contributed by atoms with Crippen molar-refractivity contribution in [2.24, 2.45) is 0 Å². The van der Waals surface area contributed by atoms with Gasteiger partial charge in [-0.05, 0) is 19.1 Å². The standard InChI is InChI=1S/C11H13F2N3O2/c1-7(10(12)13)16-9(17)6-15-11(18)8-3-2-4-14-5-8/h2-5,7,10H,6H2,1H3,(H,15,18)(H,16,17). The molecule has 0 bridgehead atoms. The molecule has 1 heterocycles. The molecule has 1 aromatic rings. The second-order valence-electron chi connectivity index (χ2n) is 3.62. The van der Waals surface area contributed by atoms with E-state index < -0.39 is 24.3 Å². The highest BCUT2D eigenvalue weighted by atomic mass is 19.3. The van der Waals surface area contributed by atoms with Gasteiger partial charge in [0.2, 0.25) is 5.91 Å². The molecule has 2 N–H and O–H groups in total. The molecule has 1 unspecified atom stereocenters. The van der Waals surface area contributed by atoms with Crippen LogP contribution in [-0.4, -0.2) is 35.8 Å². The average molecular weight is 257 g/mol. The van der Waals surface area contributed by atoms with Crippen LogP contribution >= 0.6 is 0 Å². The van der Waals surface area contributed by atoms with Crippen LogP contribution in [0.25, 0.3) is 0 Å². The molecule has 0 aliphatic carbocycles. The zero-order valence-electron chi connectivity index (χ0n) is 9.69. The predicted molar refractivity (Wildman–Crippen MR) is 60.2 cm³/mol. The Morgan fingerprint density at radius 2 is 2.17 bits per heavy atom. The maximum absolute atomic E-state index is 12.1. The Labute approximate surface area is 103 Å². The summed E-state index contributed by atoms with van der Waals surface area (Å²) in [5, 5.41) is 4.37. The molecule has 7 heteroatoms. The van der Waals surface area contributed by atoms with Crippen molar-refractivity contribution in [3.05, 3.63) is 30.1 Å². The fraction of sp³-hybridized carbons (Fsp3) is 0.364. The molecule has 0 spiro atoms. The molecule has 0 aliphatic rings. The number of amides is 2. The van der Waals surface area contributed by atoms with Gasteiger partial charge in [-0.25, -0.2) is 8.78 Å². The summed E-state index contributed by atoms with van der Waals surface area (Å²) < 4.78 is 24.3. The topological polar surface area (TPSA) is 71.1 Å². The summed E-state index contributed by atoms with van der Waals surface area (Å²) in [6, 6.07) is 1.86. The number of carbonyl (C=O) groups is 2. The minimum absolute atomic E-state index is 0.298. The number of pyridine rings is 1. The van der Waals surface area contributed by atoms with Gasteiger partial charge in [0, 0.05) is 12.4 Å². The molecule has 0 saturated carbocycles. The lowest BCUT2D eigenvalue weighted by molar-refractivity contribution is -0.121. The van der Waals surface area contributed by atoms with Crippen molar-refractivity contribution >= 4 is 11.8 Å². The number of nitrogens with zero attached hydrogens (tertiary/aromatic N) is 1. The molecule has 1 aromatic heterocycles. The van der Waals surface area contributed by atoms with Crippen LogP contribution in [0, 0.1) is 0 Å². The quantitative estimate of drug-likeness (QED) is 0.810. The van der Waals surface area contributed by atoms with Gasteiger partial charge in [-0.1, -0.05) is 0 Å². The van der Waals surface area contributed by atoms with E-state index in [-0.39, 0.29) is 6.54 Å². The second-order valence-corrected chi connectivity index (χ2v) is 3.62. The summed E-state index contributed by atoms with van der Waals surface area (Å²) in [5.41, 5.74) is 0.298. The van der Waals surface area contributed by atoms with Gasteiger partial charge >= 0.3 is 0 Å². The van der Waals surface area contributed by atoms with Crippen LogP contribution in [0.5, 0.6) is 0 Å². The predicted octanol–water partition coefficient (Wildman–Crippen LogP) is 0.581. The Balaban J connectivity index is 2.37. The second kappa shape index (κ2) is 6.63. The van der Waals surface area contributed by atoms with Gasteiger partial charge < -0.3 is 10.6 Å². The molecule has 5 nitrogen and oxygen atoms in total. The number of hydrogen-bond donors (Lipinski definition) is 2. The molecular weight excluding hydrogens is 244 g/mol. The first-order valence-corrected chi connectivity index (χ1v) is 5.26. The van der Waals surface area contributed by atoms with E-state index in [9.17, 15) is 18.4 Å². The van der Waals surface area contributed by atoms with Crippen molar-refractivity contribution < 1.29 is 18.4 Å². The van der Waals surface area contributed by atoms with Crippen LogP contribution in [0.15, 0.2) is 24.5 Å². The number of halogens is 2. The Bertz CT molecular complexity index is 412. The summed E-state index contributed by atoms with van der Waals surface area (Å²) in [6.07, 6.45) is 0.214. The van der Waals surface area contributed by atoms with Crippen molar-refractivity contribution in [3.63, 3.8) is 0 Å². The molecular formula is C11H13F2N3O2. The Morgan fingerprint density at radius 3 is 2.72 bits per heavy atom. The van der Waals surface area contributed by atoms with Crippen molar-refractivity contribution in [1.82, 2.24) is 15.6 Å². The lowest BCUT2D eigenvalue weighted by Crippen LogP contribution is -2.43. The highest BCUT2D eigenvalue weighted by Gasteiger charge is 2.17. The molecule has 0 aromatic carbocycles. The van der Waals surface area contributed by atoms with Crippen molar-refractivity contribution in [3.8, 4) is 0 Å². The summed E-state index contributed by atoms with van der Waals surface area (Å²) in [4.78, 5) is 26.5. The molecule has 0 fully saturated rings. The van der Waals surface area contributed by atoms with Gasteiger partial charge in [-0.15, -0.1) is 0 Å². The van der Waals surface area contributed by atoms with Crippen LogP contribution in [0.2, 0.25) is 0 Å². The van der Waals surface area contributed by atoms with Crippen molar-refractivity contribution in [2.75, 3.05) is 6.54 Å². The SMILES string of the molecule is CC(NC(=O)CNC(=O)c1cccnc1)C(F)F. The van der Waals surface area contributed by atoms with Gasteiger partial charge in [0.1, 0.15) is 0 Å². The molecule has 2 amide bonds. The molecule has 0 aliphatic heterocycles. The van der Waals surface area contributed by atoms with Crippen LogP contribution < -0.4 is 10.6 Å². The number of aromatic nitrogens is 1. The Kier molecular flexibility index (Phi) is 5.16. The molecule has 0 saturated heterocycles. The van der Waals surface area contributed by atoms with Gasteiger partial charge in [0.05, 0.1) is 18.2 Å². The molecule has 1 atom stereocenters. The van der Waals surface area contributed by atoms with E-state index >= 15 is 0 Å². The van der Waals surface area contributed by atoms with E-state index in [1.54, 1.807) is 6.07 Å². The summed E-state index contributed by atoms with van der Waals surface area (Å²) in [6.45, 7) is 0.830. The molecule has 98 valence electrons. The number of nitrogens with one attached hydrogen (secondary N) is 2. The normalized spacial score (nSPS) is 12.0. The Morgan fingerprint density at radius 1 is 1.44 bits per heavy atom. The number of carbonyl (C=O) groups excluding carboxylic acids is 2. The van der Waals surface area contributed by atoms with Crippen LogP contribution in [0.1, 0.15) is 17.3 Å². The number of rotatable bonds is 5. The van der Waals surface area contributed by atoms with Crippen LogP contribution in [-0.2, 0) is 4.79 Å². The van der Waals surface area contributed by atoms with Crippen LogP contribution in [0.3, 0.4) is 0 Å². The van der Waals surface area contributed by atoms with E-state index in [1.807, 2.05) is 0 Å². The maximum atomic E-state index is 12.1. The largest absolute Gasteiger partial charge is 0.346 e. The average Bonchev–Trinajstić information content (AvgIpc) is 2.36. The molecule has 0 radical (unpaired) electrons. The van der Waals surface area contributed by atoms with E-state index in [2.05, 4.69) is 15.6 Å². The van der Waals surface area contributed by atoms with E-state index in [0.29, 0.717) is 5.56 Å².